The molecule has 0 fully saturated rings. The number of halogens is 1. The average molecular weight is 513 g/mol. The molecule has 0 spiro atoms. The molecule has 8 heteroatoms. The van der Waals surface area contributed by atoms with Gasteiger partial charge in [-0.25, -0.2) is 4.98 Å². The van der Waals surface area contributed by atoms with Crippen LogP contribution in [0.2, 0.25) is 0 Å². The van der Waals surface area contributed by atoms with Crippen molar-refractivity contribution in [1.29, 1.82) is 0 Å². The van der Waals surface area contributed by atoms with Gasteiger partial charge in [0.15, 0.2) is 5.96 Å². The summed E-state index contributed by atoms with van der Waals surface area (Å²) in [6.45, 7) is 7.77. The summed E-state index contributed by atoms with van der Waals surface area (Å²) in [6, 6.07) is 7.96. The topological polar surface area (TPSA) is 78.4 Å². The minimum atomic E-state index is 0. The van der Waals surface area contributed by atoms with Gasteiger partial charge in [-0.05, 0) is 11.6 Å². The predicted octanol–water partition coefficient (Wildman–Crippen LogP) is 3.85. The van der Waals surface area contributed by atoms with Crippen molar-refractivity contribution in [2.45, 2.75) is 45.1 Å². The van der Waals surface area contributed by atoms with Gasteiger partial charge in [-0.3, -0.25) is 9.79 Å². The van der Waals surface area contributed by atoms with Gasteiger partial charge >= 0.3 is 0 Å². The Hall–Kier alpha value is -1.68. The van der Waals surface area contributed by atoms with Gasteiger partial charge in [0.25, 0.3) is 0 Å². The van der Waals surface area contributed by atoms with Crippen LogP contribution in [0.5, 0.6) is 0 Å². The van der Waals surface area contributed by atoms with Crippen molar-refractivity contribution in [1.82, 2.24) is 15.6 Å². The summed E-state index contributed by atoms with van der Waals surface area (Å²) in [5.41, 5.74) is 3.23. The van der Waals surface area contributed by atoms with Gasteiger partial charge in [0.2, 0.25) is 5.91 Å². The number of aromatic nitrogens is 1. The van der Waals surface area contributed by atoms with Crippen molar-refractivity contribution in [3.05, 3.63) is 45.9 Å². The number of benzene rings is 1. The van der Waals surface area contributed by atoms with Crippen LogP contribution in [0, 0.1) is 0 Å². The molecule has 2 aromatic rings. The first-order valence-electron chi connectivity index (χ1n) is 9.15. The van der Waals surface area contributed by atoms with Gasteiger partial charge in [-0.2, -0.15) is 0 Å². The third-order valence-corrected chi connectivity index (χ3v) is 5.42. The highest BCUT2D eigenvalue weighted by molar-refractivity contribution is 14.0. The number of hydrogen-bond acceptors (Lipinski definition) is 4. The molecule has 1 aliphatic heterocycles. The third kappa shape index (κ3) is 5.66. The molecule has 0 saturated carbocycles. The lowest BCUT2D eigenvalue weighted by Crippen LogP contribution is -2.40. The Morgan fingerprint density at radius 2 is 2.07 bits per heavy atom. The molecule has 152 valence electrons. The van der Waals surface area contributed by atoms with Gasteiger partial charge < -0.3 is 16.0 Å². The molecular formula is C20H28IN5OS. The van der Waals surface area contributed by atoms with E-state index >= 15 is 0 Å². The second kappa shape index (κ2) is 9.69. The number of carbonyl (C=O) groups is 1. The SMILES string of the molecule is CN=C(NCc1nc(C(C)(C)C)cs1)NCC1CC(=O)Nc2ccccc21.I. The molecule has 0 bridgehead atoms. The van der Waals surface area contributed by atoms with Crippen molar-refractivity contribution >= 4 is 52.9 Å². The first-order chi connectivity index (χ1) is 12.9. The summed E-state index contributed by atoms with van der Waals surface area (Å²) < 4.78 is 0. The van der Waals surface area contributed by atoms with E-state index in [-0.39, 0.29) is 41.2 Å². The van der Waals surface area contributed by atoms with E-state index in [1.807, 2.05) is 18.2 Å². The Labute approximate surface area is 187 Å². The van der Waals surface area contributed by atoms with Crippen LogP contribution in [0.4, 0.5) is 5.69 Å². The molecule has 0 aliphatic carbocycles. The normalized spacial score (nSPS) is 16.6. The molecule has 6 nitrogen and oxygen atoms in total. The number of carbonyl (C=O) groups excluding carboxylic acids is 1. The number of anilines is 1. The second-order valence-electron chi connectivity index (χ2n) is 7.72. The van der Waals surface area contributed by atoms with E-state index in [0.717, 1.165) is 22.0 Å². The van der Waals surface area contributed by atoms with E-state index in [1.165, 1.54) is 0 Å². The molecule has 1 atom stereocenters. The van der Waals surface area contributed by atoms with E-state index in [1.54, 1.807) is 18.4 Å². The van der Waals surface area contributed by atoms with Gasteiger partial charge in [-0.15, -0.1) is 35.3 Å². The first kappa shape index (κ1) is 22.6. The summed E-state index contributed by atoms with van der Waals surface area (Å²) in [6.07, 6.45) is 0.475. The van der Waals surface area contributed by atoms with Crippen LogP contribution < -0.4 is 16.0 Å². The predicted molar refractivity (Wildman–Crippen MR) is 127 cm³/mol. The van der Waals surface area contributed by atoms with Gasteiger partial charge in [0, 0.05) is 42.4 Å². The van der Waals surface area contributed by atoms with E-state index in [0.29, 0.717) is 25.5 Å². The minimum absolute atomic E-state index is 0. The molecule has 0 saturated heterocycles. The van der Waals surface area contributed by atoms with E-state index < -0.39 is 0 Å². The molecule has 2 heterocycles. The number of rotatable bonds is 4. The molecule has 1 aromatic heterocycles. The lowest BCUT2D eigenvalue weighted by Gasteiger charge is -2.26. The summed E-state index contributed by atoms with van der Waals surface area (Å²) in [5.74, 6) is 0.896. The maximum absolute atomic E-state index is 12.0. The highest BCUT2D eigenvalue weighted by atomic mass is 127. The fraction of sp³-hybridized carbons (Fsp3) is 0.450. The Morgan fingerprint density at radius 1 is 1.32 bits per heavy atom. The maximum Gasteiger partial charge on any atom is 0.225 e. The van der Waals surface area contributed by atoms with Crippen LogP contribution in [-0.4, -0.2) is 30.4 Å². The monoisotopic (exact) mass is 513 g/mol. The Bertz CT molecular complexity index is 843. The van der Waals surface area contributed by atoms with E-state index in [2.05, 4.69) is 53.2 Å². The van der Waals surface area contributed by atoms with Crippen molar-refractivity contribution < 1.29 is 4.79 Å². The van der Waals surface area contributed by atoms with Gasteiger partial charge in [0.05, 0.1) is 12.2 Å². The zero-order valence-electron chi connectivity index (χ0n) is 16.7. The minimum Gasteiger partial charge on any atom is -0.356 e. The maximum atomic E-state index is 12.0. The van der Waals surface area contributed by atoms with Crippen molar-refractivity contribution in [3.8, 4) is 0 Å². The lowest BCUT2D eigenvalue weighted by molar-refractivity contribution is -0.116. The molecule has 3 N–H and O–H groups in total. The van der Waals surface area contributed by atoms with Gasteiger partial charge in [-0.1, -0.05) is 39.0 Å². The zero-order chi connectivity index (χ0) is 19.4. The largest absolute Gasteiger partial charge is 0.356 e. The van der Waals surface area contributed by atoms with Crippen LogP contribution >= 0.6 is 35.3 Å². The number of nitrogens with one attached hydrogen (secondary N) is 3. The fourth-order valence-corrected chi connectivity index (χ4v) is 3.98. The van der Waals surface area contributed by atoms with Crippen molar-refractivity contribution in [2.24, 2.45) is 4.99 Å². The number of aliphatic imine (C=N–C) groups is 1. The number of para-hydroxylation sites is 1. The molecule has 28 heavy (non-hydrogen) atoms. The summed E-state index contributed by atoms with van der Waals surface area (Å²) in [7, 11) is 1.75. The molecule has 1 aromatic carbocycles. The van der Waals surface area contributed by atoms with Crippen LogP contribution in [0.15, 0.2) is 34.6 Å². The van der Waals surface area contributed by atoms with Crippen LogP contribution in [-0.2, 0) is 16.8 Å². The number of guanidine groups is 1. The second-order valence-corrected chi connectivity index (χ2v) is 8.66. The summed E-state index contributed by atoms with van der Waals surface area (Å²) in [5, 5.41) is 12.7. The Morgan fingerprint density at radius 3 is 2.75 bits per heavy atom. The van der Waals surface area contributed by atoms with Gasteiger partial charge in [0.1, 0.15) is 5.01 Å². The molecule has 1 aliphatic rings. The number of amides is 1. The lowest BCUT2D eigenvalue weighted by atomic mass is 9.90. The standard InChI is InChI=1S/C20H27N5OS.HI/c1-20(2,3)16-12-27-18(25-16)11-23-19(21-4)22-10-13-9-17(26)24-15-8-6-5-7-14(13)15;/h5-8,12-13H,9-11H2,1-4H3,(H,24,26)(H2,21,22,23);1H. The Balaban J connectivity index is 0.00000280. The van der Waals surface area contributed by atoms with Crippen molar-refractivity contribution in [3.63, 3.8) is 0 Å². The summed E-state index contributed by atoms with van der Waals surface area (Å²) >= 11 is 1.66. The van der Waals surface area contributed by atoms with E-state index in [9.17, 15) is 4.79 Å². The van der Waals surface area contributed by atoms with Crippen LogP contribution in [0.3, 0.4) is 0 Å². The highest BCUT2D eigenvalue weighted by Gasteiger charge is 2.24. The Kier molecular flexibility index (Phi) is 7.82. The molecule has 1 amide bonds. The van der Waals surface area contributed by atoms with Crippen LogP contribution in [0.1, 0.15) is 49.4 Å². The van der Waals surface area contributed by atoms with E-state index in [4.69, 9.17) is 4.98 Å². The number of thiazole rings is 1. The smallest absolute Gasteiger partial charge is 0.225 e. The summed E-state index contributed by atoms with van der Waals surface area (Å²) in [4.78, 5) is 20.9. The van der Waals surface area contributed by atoms with Crippen molar-refractivity contribution in [2.75, 3.05) is 18.9 Å². The average Bonchev–Trinajstić information content (AvgIpc) is 3.11. The zero-order valence-corrected chi connectivity index (χ0v) is 19.9. The molecule has 1 unspecified atom stereocenters. The number of nitrogens with zero attached hydrogens (tertiary/aromatic N) is 2. The number of hydrogen-bond donors (Lipinski definition) is 3. The third-order valence-electron chi connectivity index (χ3n) is 4.57. The quantitative estimate of drug-likeness (QED) is 0.330. The molecule has 3 rings (SSSR count). The first-order valence-corrected chi connectivity index (χ1v) is 10.0. The molecule has 0 radical (unpaired) electrons. The fourth-order valence-electron chi connectivity index (χ4n) is 3.02. The molecular weight excluding hydrogens is 485 g/mol. The van der Waals surface area contributed by atoms with Crippen LogP contribution in [0.25, 0.3) is 0 Å². The highest BCUT2D eigenvalue weighted by Crippen LogP contribution is 2.31. The number of fused-ring (bicyclic) bond motifs is 1.